The van der Waals surface area contributed by atoms with E-state index in [2.05, 4.69) is 20.8 Å². The maximum Gasteiger partial charge on any atom is 0.243 e. The third-order valence-electron chi connectivity index (χ3n) is 4.15. The minimum atomic E-state index is -0.467. The number of hydrogen-bond acceptors (Lipinski definition) is 6. The zero-order valence-electron chi connectivity index (χ0n) is 14.9. The van der Waals surface area contributed by atoms with Gasteiger partial charge >= 0.3 is 0 Å². The molecular weight excluding hydrogens is 334 g/mol. The summed E-state index contributed by atoms with van der Waals surface area (Å²) in [5, 5.41) is 0. The second-order valence-electron chi connectivity index (χ2n) is 6.17. The normalized spacial score (nSPS) is 16.5. The Hall–Kier alpha value is -3.16. The number of aromatic nitrogens is 2. The molecule has 1 aliphatic rings. The van der Waals surface area contributed by atoms with Crippen LogP contribution in [0.15, 0.2) is 30.3 Å². The molecule has 0 spiro atoms. The summed E-state index contributed by atoms with van der Waals surface area (Å²) in [6, 6.07) is 9.10. The number of nitrogens with one attached hydrogen (secondary N) is 2. The van der Waals surface area contributed by atoms with Crippen molar-refractivity contribution in [3.05, 3.63) is 41.7 Å². The van der Waals surface area contributed by atoms with Crippen molar-refractivity contribution >= 4 is 23.5 Å². The Morgan fingerprint density at radius 1 is 1.23 bits per heavy atom. The van der Waals surface area contributed by atoms with E-state index in [1.54, 1.807) is 24.1 Å². The molecule has 0 aliphatic carbocycles. The summed E-state index contributed by atoms with van der Waals surface area (Å²) in [6.45, 7) is 3.99. The largest absolute Gasteiger partial charge is 0.495 e. The monoisotopic (exact) mass is 355 g/mol. The number of nitrogens with zero attached hydrogens (tertiary/aromatic N) is 3. The maximum atomic E-state index is 12.4. The summed E-state index contributed by atoms with van der Waals surface area (Å²) in [5.74, 6) is 0.0621. The molecule has 2 heterocycles. The average Bonchev–Trinajstić information content (AvgIpc) is 3.00. The van der Waals surface area contributed by atoms with Crippen LogP contribution in [0.25, 0.3) is 0 Å². The van der Waals surface area contributed by atoms with Crippen molar-refractivity contribution in [3.63, 3.8) is 0 Å². The van der Waals surface area contributed by atoms with Crippen LogP contribution in [-0.2, 0) is 9.59 Å². The smallest absolute Gasteiger partial charge is 0.243 e. The van der Waals surface area contributed by atoms with E-state index in [-0.39, 0.29) is 18.2 Å². The van der Waals surface area contributed by atoms with Gasteiger partial charge in [0.15, 0.2) is 0 Å². The third kappa shape index (κ3) is 3.74. The van der Waals surface area contributed by atoms with E-state index in [1.165, 1.54) is 0 Å². The second kappa shape index (κ2) is 7.38. The molecule has 26 heavy (non-hydrogen) atoms. The highest BCUT2D eigenvalue weighted by atomic mass is 16.5. The minimum Gasteiger partial charge on any atom is -0.495 e. The van der Waals surface area contributed by atoms with Crippen LogP contribution in [0.4, 0.5) is 11.6 Å². The molecule has 2 aromatic rings. The SMILES string of the molecule is COc1ccccc1N1CC(C(=O)NNc2nc(C)cc(C)n2)CC1=O. The van der Waals surface area contributed by atoms with E-state index in [0.29, 0.717) is 23.9 Å². The first-order valence-electron chi connectivity index (χ1n) is 8.29. The van der Waals surface area contributed by atoms with Gasteiger partial charge in [-0.15, -0.1) is 0 Å². The van der Waals surface area contributed by atoms with Crippen LogP contribution in [0.5, 0.6) is 5.75 Å². The first kappa shape index (κ1) is 17.7. The number of benzene rings is 1. The summed E-state index contributed by atoms with van der Waals surface area (Å²) in [5.41, 5.74) is 7.58. The van der Waals surface area contributed by atoms with E-state index in [9.17, 15) is 9.59 Å². The lowest BCUT2D eigenvalue weighted by atomic mass is 10.1. The Balaban J connectivity index is 1.65. The predicted octanol–water partition coefficient (Wildman–Crippen LogP) is 1.60. The number of aryl methyl sites for hydroxylation is 2. The van der Waals surface area contributed by atoms with Gasteiger partial charge in [-0.25, -0.2) is 9.97 Å². The molecule has 0 bridgehead atoms. The van der Waals surface area contributed by atoms with Crippen molar-refractivity contribution in [2.75, 3.05) is 24.0 Å². The third-order valence-corrected chi connectivity index (χ3v) is 4.15. The standard InChI is InChI=1S/C18H21N5O3/c1-11-8-12(2)20-18(19-11)22-21-17(25)13-9-16(24)23(10-13)14-6-4-5-7-15(14)26-3/h4-8,13H,9-10H2,1-3H3,(H,21,25)(H,19,20,22). The van der Waals surface area contributed by atoms with Crippen molar-refractivity contribution in [2.24, 2.45) is 5.92 Å². The van der Waals surface area contributed by atoms with Gasteiger partial charge in [-0.3, -0.25) is 20.4 Å². The molecule has 0 saturated carbocycles. The summed E-state index contributed by atoms with van der Waals surface area (Å²) >= 11 is 0. The minimum absolute atomic E-state index is 0.114. The Labute approximate surface area is 151 Å². The predicted molar refractivity (Wildman–Crippen MR) is 96.7 cm³/mol. The molecule has 3 rings (SSSR count). The van der Waals surface area contributed by atoms with E-state index < -0.39 is 5.92 Å². The average molecular weight is 355 g/mol. The van der Waals surface area contributed by atoms with Crippen molar-refractivity contribution in [1.29, 1.82) is 0 Å². The van der Waals surface area contributed by atoms with E-state index in [0.717, 1.165) is 11.4 Å². The van der Waals surface area contributed by atoms with Crippen molar-refractivity contribution in [1.82, 2.24) is 15.4 Å². The number of hydrazine groups is 1. The molecule has 1 aromatic heterocycles. The molecule has 8 heteroatoms. The summed E-state index contributed by atoms with van der Waals surface area (Å²) in [7, 11) is 1.55. The number of amides is 2. The molecule has 136 valence electrons. The van der Waals surface area contributed by atoms with Gasteiger partial charge in [0.2, 0.25) is 17.8 Å². The van der Waals surface area contributed by atoms with Crippen LogP contribution in [0.2, 0.25) is 0 Å². The fourth-order valence-corrected chi connectivity index (χ4v) is 2.97. The molecular formula is C18H21N5O3. The van der Waals surface area contributed by atoms with Crippen LogP contribution in [0.1, 0.15) is 17.8 Å². The molecule has 2 N–H and O–H groups in total. The lowest BCUT2D eigenvalue weighted by Crippen LogP contribution is -2.37. The van der Waals surface area contributed by atoms with Crippen molar-refractivity contribution in [3.8, 4) is 5.75 Å². The number of anilines is 2. The molecule has 0 radical (unpaired) electrons. The number of methoxy groups -OCH3 is 1. The molecule has 2 amide bonds. The molecule has 1 aliphatic heterocycles. The fraction of sp³-hybridized carbons (Fsp3) is 0.333. The van der Waals surface area contributed by atoms with Gasteiger partial charge in [0.05, 0.1) is 18.7 Å². The van der Waals surface area contributed by atoms with E-state index >= 15 is 0 Å². The first-order chi connectivity index (χ1) is 12.5. The molecule has 1 aromatic carbocycles. The quantitative estimate of drug-likeness (QED) is 0.791. The number of hydrogen-bond donors (Lipinski definition) is 2. The van der Waals surface area contributed by atoms with Crippen LogP contribution >= 0.6 is 0 Å². The Kier molecular flexibility index (Phi) is 5.01. The molecule has 8 nitrogen and oxygen atoms in total. The van der Waals surface area contributed by atoms with Gasteiger partial charge in [-0.1, -0.05) is 12.1 Å². The second-order valence-corrected chi connectivity index (χ2v) is 6.17. The zero-order valence-corrected chi connectivity index (χ0v) is 14.9. The zero-order chi connectivity index (χ0) is 18.7. The van der Waals surface area contributed by atoms with E-state index in [4.69, 9.17) is 4.74 Å². The Bertz CT molecular complexity index is 819. The van der Waals surface area contributed by atoms with Crippen LogP contribution < -0.4 is 20.5 Å². The van der Waals surface area contributed by atoms with Gasteiger partial charge in [0, 0.05) is 24.4 Å². The fourth-order valence-electron chi connectivity index (χ4n) is 2.97. The van der Waals surface area contributed by atoms with Crippen LogP contribution in [-0.4, -0.2) is 35.4 Å². The van der Waals surface area contributed by atoms with E-state index in [1.807, 2.05) is 32.0 Å². The number of rotatable bonds is 5. The molecule has 1 unspecified atom stereocenters. The van der Waals surface area contributed by atoms with Crippen LogP contribution in [0, 0.1) is 19.8 Å². The number of carbonyl (C=O) groups excluding carboxylic acids is 2. The number of carbonyl (C=O) groups is 2. The molecule has 1 atom stereocenters. The summed E-state index contributed by atoms with van der Waals surface area (Å²) < 4.78 is 5.31. The van der Waals surface area contributed by atoms with Gasteiger partial charge in [-0.2, -0.15) is 0 Å². The number of ether oxygens (including phenoxy) is 1. The highest BCUT2D eigenvalue weighted by Crippen LogP contribution is 2.32. The van der Waals surface area contributed by atoms with Gasteiger partial charge in [-0.05, 0) is 32.0 Å². The van der Waals surface area contributed by atoms with Crippen LogP contribution in [0.3, 0.4) is 0 Å². The lowest BCUT2D eigenvalue weighted by Gasteiger charge is -2.19. The van der Waals surface area contributed by atoms with Gasteiger partial charge in [0.1, 0.15) is 5.75 Å². The highest BCUT2D eigenvalue weighted by molar-refractivity contribution is 6.01. The highest BCUT2D eigenvalue weighted by Gasteiger charge is 2.36. The topological polar surface area (TPSA) is 96.5 Å². The van der Waals surface area contributed by atoms with Crippen molar-refractivity contribution in [2.45, 2.75) is 20.3 Å². The Morgan fingerprint density at radius 3 is 2.62 bits per heavy atom. The molecule has 1 saturated heterocycles. The first-order valence-corrected chi connectivity index (χ1v) is 8.29. The summed E-state index contributed by atoms with van der Waals surface area (Å²) in [6.07, 6.45) is 0.138. The maximum absolute atomic E-state index is 12.4. The number of para-hydroxylation sites is 2. The summed E-state index contributed by atoms with van der Waals surface area (Å²) in [4.78, 5) is 34.8. The molecule has 1 fully saturated rings. The lowest BCUT2D eigenvalue weighted by molar-refractivity contribution is -0.125. The van der Waals surface area contributed by atoms with Gasteiger partial charge in [0.25, 0.3) is 0 Å². The van der Waals surface area contributed by atoms with Gasteiger partial charge < -0.3 is 9.64 Å². The Morgan fingerprint density at radius 2 is 1.92 bits per heavy atom. The van der Waals surface area contributed by atoms with Crippen molar-refractivity contribution < 1.29 is 14.3 Å².